The summed E-state index contributed by atoms with van der Waals surface area (Å²) in [6.07, 6.45) is 4.25. The van der Waals surface area contributed by atoms with Crippen molar-refractivity contribution in [3.05, 3.63) is 34.3 Å². The van der Waals surface area contributed by atoms with Crippen LogP contribution in [-0.4, -0.2) is 23.8 Å². The fourth-order valence-electron chi connectivity index (χ4n) is 3.85. The summed E-state index contributed by atoms with van der Waals surface area (Å²) < 4.78 is 6.75. The van der Waals surface area contributed by atoms with Gasteiger partial charge in [-0.15, -0.1) is 0 Å². The Kier molecular flexibility index (Phi) is 3.41. The van der Waals surface area contributed by atoms with Crippen LogP contribution in [0.1, 0.15) is 38.2 Å². The van der Waals surface area contributed by atoms with Gasteiger partial charge in [-0.1, -0.05) is 47.8 Å². The van der Waals surface area contributed by atoms with Gasteiger partial charge in [-0.25, -0.2) is 0 Å². The second kappa shape index (κ2) is 4.85. The Morgan fingerprint density at radius 1 is 1.30 bits per heavy atom. The first-order chi connectivity index (χ1) is 9.49. The van der Waals surface area contributed by atoms with Crippen molar-refractivity contribution in [1.29, 1.82) is 0 Å². The number of hydrogen-bond donors (Lipinski definition) is 1. The third-order valence-corrected chi connectivity index (χ3v) is 5.57. The molecule has 1 heterocycles. The Hall–Kier alpha value is -0.870. The summed E-state index contributed by atoms with van der Waals surface area (Å²) in [5.41, 5.74) is -0.0265. The zero-order chi connectivity index (χ0) is 14.4. The minimum atomic E-state index is -0.875. The van der Waals surface area contributed by atoms with Gasteiger partial charge in [0, 0.05) is 4.47 Å². The molecule has 0 radical (unpaired) electrons. The van der Waals surface area contributed by atoms with Gasteiger partial charge >= 0.3 is 5.97 Å². The molecule has 3 rings (SSSR count). The van der Waals surface area contributed by atoms with Gasteiger partial charge in [-0.3, -0.25) is 4.79 Å². The predicted molar refractivity (Wildman–Crippen MR) is 79.8 cm³/mol. The Labute approximate surface area is 127 Å². The minimum absolute atomic E-state index is 0.0102. The van der Waals surface area contributed by atoms with Crippen molar-refractivity contribution in [3.8, 4) is 0 Å². The smallest absolute Gasteiger partial charge is 0.319 e. The third kappa shape index (κ3) is 1.92. The van der Waals surface area contributed by atoms with Crippen molar-refractivity contribution >= 4 is 21.9 Å². The summed E-state index contributed by atoms with van der Waals surface area (Å²) in [6, 6.07) is 7.64. The number of hydrogen-bond acceptors (Lipinski definition) is 2. The fourth-order valence-corrected chi connectivity index (χ4v) is 4.12. The van der Waals surface area contributed by atoms with Crippen LogP contribution in [0.2, 0.25) is 0 Å². The number of ether oxygens (including phenoxy) is 1. The first-order valence-electron chi connectivity index (χ1n) is 7.10. The normalized spacial score (nSPS) is 31.8. The summed E-state index contributed by atoms with van der Waals surface area (Å²) in [4.78, 5) is 12.0. The van der Waals surface area contributed by atoms with Crippen molar-refractivity contribution in [2.24, 2.45) is 5.41 Å². The van der Waals surface area contributed by atoms with Gasteiger partial charge in [0.15, 0.2) is 0 Å². The first-order valence-corrected chi connectivity index (χ1v) is 7.89. The van der Waals surface area contributed by atoms with Crippen LogP contribution in [0.25, 0.3) is 0 Å². The molecule has 1 aliphatic heterocycles. The van der Waals surface area contributed by atoms with Crippen molar-refractivity contribution < 1.29 is 14.6 Å². The molecule has 1 saturated carbocycles. The number of aliphatic carboxylic acids is 1. The second-order valence-corrected chi connectivity index (χ2v) is 7.25. The molecule has 2 aliphatic rings. The second-order valence-electron chi connectivity index (χ2n) is 6.34. The maximum absolute atomic E-state index is 12.0. The number of rotatable bonds is 3. The molecular formula is C16H19BrO3. The maximum atomic E-state index is 12.0. The lowest BCUT2D eigenvalue weighted by Gasteiger charge is -2.53. The van der Waals surface area contributed by atoms with E-state index in [0.717, 1.165) is 22.9 Å². The summed E-state index contributed by atoms with van der Waals surface area (Å²) in [6.45, 7) is 2.46. The minimum Gasteiger partial charge on any atom is -0.480 e. The highest BCUT2D eigenvalue weighted by Gasteiger charge is 2.62. The quantitative estimate of drug-likeness (QED) is 0.912. The highest BCUT2D eigenvalue weighted by atomic mass is 79.9. The van der Waals surface area contributed by atoms with Crippen LogP contribution in [0.5, 0.6) is 0 Å². The summed E-state index contributed by atoms with van der Waals surface area (Å²) in [5.74, 6) is -0.760. The van der Waals surface area contributed by atoms with E-state index in [-0.39, 0.29) is 18.1 Å². The van der Waals surface area contributed by atoms with E-state index < -0.39 is 11.4 Å². The number of carboxylic acid groups (broad SMARTS) is 1. The monoisotopic (exact) mass is 338 g/mol. The molecule has 1 aromatic rings. The zero-order valence-electron chi connectivity index (χ0n) is 11.6. The lowest BCUT2D eigenvalue weighted by Crippen LogP contribution is -2.65. The van der Waals surface area contributed by atoms with Gasteiger partial charge in [0.05, 0.1) is 12.7 Å². The highest BCUT2D eigenvalue weighted by molar-refractivity contribution is 9.10. The van der Waals surface area contributed by atoms with E-state index in [4.69, 9.17) is 4.74 Å². The van der Waals surface area contributed by atoms with Crippen LogP contribution in [0, 0.1) is 5.41 Å². The summed E-state index contributed by atoms with van der Waals surface area (Å²) >= 11 is 3.40. The van der Waals surface area contributed by atoms with E-state index in [0.29, 0.717) is 0 Å². The number of halogens is 1. The molecule has 0 amide bonds. The largest absolute Gasteiger partial charge is 0.480 e. The molecule has 2 atom stereocenters. The van der Waals surface area contributed by atoms with E-state index in [1.54, 1.807) is 0 Å². The third-order valence-electron chi connectivity index (χ3n) is 5.05. The molecule has 3 nitrogen and oxygen atoms in total. The van der Waals surface area contributed by atoms with Crippen molar-refractivity contribution in [1.82, 2.24) is 0 Å². The topological polar surface area (TPSA) is 46.5 Å². The van der Waals surface area contributed by atoms with E-state index in [1.165, 1.54) is 12.8 Å². The van der Waals surface area contributed by atoms with Gasteiger partial charge < -0.3 is 9.84 Å². The Bertz CT molecular complexity index is 519. The standard InChI is InChI=1S/C16H19BrO3/c1-15(8-2-3-9-15)13-16(10-20-13,14(18)19)11-4-6-12(17)7-5-11/h4-7,13H,2-3,8-10H2,1H3,(H,18,19). The number of carboxylic acids is 1. The molecule has 108 valence electrons. The van der Waals surface area contributed by atoms with Gasteiger partial charge in [0.25, 0.3) is 0 Å². The molecule has 1 saturated heterocycles. The molecule has 2 fully saturated rings. The lowest BCUT2D eigenvalue weighted by atomic mass is 9.62. The van der Waals surface area contributed by atoms with Crippen LogP contribution in [0.4, 0.5) is 0 Å². The molecule has 4 heteroatoms. The van der Waals surface area contributed by atoms with Gasteiger partial charge in [0.1, 0.15) is 5.41 Å². The van der Waals surface area contributed by atoms with Crippen molar-refractivity contribution in [2.75, 3.05) is 6.61 Å². The number of carbonyl (C=O) groups is 1. The van der Waals surface area contributed by atoms with E-state index in [1.807, 2.05) is 24.3 Å². The van der Waals surface area contributed by atoms with Crippen LogP contribution in [0.15, 0.2) is 28.7 Å². The molecular weight excluding hydrogens is 320 g/mol. The zero-order valence-corrected chi connectivity index (χ0v) is 13.1. The average Bonchev–Trinajstić information content (AvgIpc) is 2.77. The van der Waals surface area contributed by atoms with Crippen molar-refractivity contribution in [2.45, 2.75) is 44.1 Å². The highest BCUT2D eigenvalue weighted by Crippen LogP contribution is 2.53. The Morgan fingerprint density at radius 3 is 2.35 bits per heavy atom. The Morgan fingerprint density at radius 2 is 1.90 bits per heavy atom. The molecule has 2 unspecified atom stereocenters. The van der Waals surface area contributed by atoms with Crippen molar-refractivity contribution in [3.63, 3.8) is 0 Å². The van der Waals surface area contributed by atoms with E-state index in [9.17, 15) is 9.90 Å². The van der Waals surface area contributed by atoms with Crippen LogP contribution >= 0.6 is 15.9 Å². The fraction of sp³-hybridized carbons (Fsp3) is 0.562. The average molecular weight is 339 g/mol. The molecule has 0 spiro atoms. The molecule has 0 aromatic heterocycles. The molecule has 1 aromatic carbocycles. The predicted octanol–water partition coefficient (Wildman–Crippen LogP) is 3.75. The Balaban J connectivity index is 2.01. The lowest BCUT2D eigenvalue weighted by molar-refractivity contribution is -0.211. The van der Waals surface area contributed by atoms with Gasteiger partial charge in [-0.05, 0) is 36.0 Å². The van der Waals surface area contributed by atoms with Gasteiger partial charge in [0.2, 0.25) is 0 Å². The van der Waals surface area contributed by atoms with E-state index in [2.05, 4.69) is 22.9 Å². The summed E-state index contributed by atoms with van der Waals surface area (Å²) in [5, 5.41) is 9.86. The van der Waals surface area contributed by atoms with Crippen LogP contribution in [0.3, 0.4) is 0 Å². The van der Waals surface area contributed by atoms with Gasteiger partial charge in [-0.2, -0.15) is 0 Å². The maximum Gasteiger partial charge on any atom is 0.319 e. The van der Waals surface area contributed by atoms with Crippen LogP contribution in [-0.2, 0) is 14.9 Å². The molecule has 1 N–H and O–H groups in total. The van der Waals surface area contributed by atoms with E-state index >= 15 is 0 Å². The molecule has 1 aliphatic carbocycles. The van der Waals surface area contributed by atoms with Crippen LogP contribution < -0.4 is 0 Å². The first kappa shape index (κ1) is 14.1. The molecule has 0 bridgehead atoms. The molecule has 20 heavy (non-hydrogen) atoms. The number of benzene rings is 1. The SMILES string of the molecule is CC1(C2OCC2(C(=O)O)c2ccc(Br)cc2)CCCC1. The summed E-state index contributed by atoms with van der Waals surface area (Å²) in [7, 11) is 0.